The second kappa shape index (κ2) is 10.3. The summed E-state index contributed by atoms with van der Waals surface area (Å²) in [5, 5.41) is 12.8. The van der Waals surface area contributed by atoms with Crippen LogP contribution in [0.15, 0.2) is 51.8 Å². The topological polar surface area (TPSA) is 113 Å². The number of anilines is 1. The highest BCUT2D eigenvalue weighted by Gasteiger charge is 2.40. The van der Waals surface area contributed by atoms with Crippen LogP contribution in [0.25, 0.3) is 11.0 Å². The average Bonchev–Trinajstić information content (AvgIpc) is 3.34. The van der Waals surface area contributed by atoms with Crippen LogP contribution in [0.5, 0.6) is 0 Å². The lowest BCUT2D eigenvalue weighted by molar-refractivity contribution is 0.0431. The second-order valence-corrected chi connectivity index (χ2v) is 9.27. The molecular formula is C26H25F2N7O3. The van der Waals surface area contributed by atoms with Gasteiger partial charge in [-0.1, -0.05) is 12.1 Å². The Balaban J connectivity index is 1.59. The molecule has 5 rings (SSSR count). The number of nitrogens with zero attached hydrogens (tertiary/aromatic N) is 7. The van der Waals surface area contributed by atoms with Crippen molar-refractivity contribution in [1.29, 1.82) is 5.26 Å². The first-order chi connectivity index (χ1) is 18.3. The number of hydrogen-bond donors (Lipinski definition) is 0. The number of benzene rings is 1. The van der Waals surface area contributed by atoms with E-state index in [1.807, 2.05) is 6.92 Å². The van der Waals surface area contributed by atoms with E-state index in [4.69, 9.17) is 9.26 Å². The van der Waals surface area contributed by atoms with E-state index in [0.717, 1.165) is 0 Å². The molecular weight excluding hydrogens is 496 g/mol. The summed E-state index contributed by atoms with van der Waals surface area (Å²) in [5.74, 6) is -0.368. The van der Waals surface area contributed by atoms with Gasteiger partial charge in [0.15, 0.2) is 0 Å². The average molecular weight is 522 g/mol. The van der Waals surface area contributed by atoms with Crippen molar-refractivity contribution in [3.8, 4) is 6.07 Å². The van der Waals surface area contributed by atoms with Gasteiger partial charge in [-0.3, -0.25) is 9.69 Å². The zero-order chi connectivity index (χ0) is 27.0. The van der Waals surface area contributed by atoms with Crippen LogP contribution in [0.4, 0.5) is 14.5 Å². The number of halogens is 2. The van der Waals surface area contributed by atoms with Crippen LogP contribution >= 0.6 is 0 Å². The van der Waals surface area contributed by atoms with Crippen molar-refractivity contribution in [3.05, 3.63) is 81.9 Å². The second-order valence-electron chi connectivity index (χ2n) is 9.27. The minimum absolute atomic E-state index is 0.0372. The molecule has 0 amide bonds. The number of rotatable bonds is 6. The molecule has 3 aromatic heterocycles. The largest absolute Gasteiger partial charge is 0.383 e. The molecule has 196 valence electrons. The molecule has 1 fully saturated rings. The summed E-state index contributed by atoms with van der Waals surface area (Å²) in [6.07, 6.45) is -0.993. The number of fused-ring (bicyclic) bond motifs is 1. The Morgan fingerprint density at radius 3 is 2.61 bits per heavy atom. The first-order valence-electron chi connectivity index (χ1n) is 12.0. The minimum Gasteiger partial charge on any atom is -0.383 e. The lowest BCUT2D eigenvalue weighted by Gasteiger charge is -2.48. The molecule has 1 saturated heterocycles. The quantitative estimate of drug-likeness (QED) is 0.378. The fourth-order valence-corrected chi connectivity index (χ4v) is 5.10. The summed E-state index contributed by atoms with van der Waals surface area (Å²) < 4.78 is 39.9. The number of pyridine rings is 2. The highest BCUT2D eigenvalue weighted by molar-refractivity contribution is 5.89. The van der Waals surface area contributed by atoms with E-state index in [0.29, 0.717) is 35.4 Å². The van der Waals surface area contributed by atoms with Crippen molar-refractivity contribution in [3.63, 3.8) is 0 Å². The Labute approximate surface area is 216 Å². The summed E-state index contributed by atoms with van der Waals surface area (Å²) >= 11 is 0. The molecule has 38 heavy (non-hydrogen) atoms. The molecule has 1 aromatic carbocycles. The first kappa shape index (κ1) is 25.4. The lowest BCUT2D eigenvalue weighted by Crippen LogP contribution is -2.60. The fourth-order valence-electron chi connectivity index (χ4n) is 5.10. The van der Waals surface area contributed by atoms with Crippen LogP contribution in [0.3, 0.4) is 0 Å². The zero-order valence-electron chi connectivity index (χ0n) is 21.0. The predicted molar refractivity (Wildman–Crippen MR) is 133 cm³/mol. The zero-order valence-corrected chi connectivity index (χ0v) is 21.0. The molecule has 0 spiro atoms. The summed E-state index contributed by atoms with van der Waals surface area (Å²) in [6, 6.07) is 11.6. The molecule has 1 aliphatic rings. The Morgan fingerprint density at radius 2 is 1.95 bits per heavy atom. The highest BCUT2D eigenvalue weighted by Crippen LogP contribution is 2.35. The van der Waals surface area contributed by atoms with Crippen LogP contribution in [0.2, 0.25) is 0 Å². The van der Waals surface area contributed by atoms with Gasteiger partial charge in [-0.05, 0) is 41.9 Å². The van der Waals surface area contributed by atoms with E-state index in [9.17, 15) is 18.8 Å². The SMILES string of the molecule is COC[C@@H]1CN(c2cc(=O)n(C)c3ccc(C#N)nc23)[C@@H](C)CN1C(c1ccc(F)cc1)c1nc(F)no1. The highest BCUT2D eigenvalue weighted by atomic mass is 19.1. The maximum absolute atomic E-state index is 13.8. The molecule has 0 saturated carbocycles. The normalized spacial score (nSPS) is 19.0. The molecule has 0 radical (unpaired) electrons. The third-order valence-corrected chi connectivity index (χ3v) is 6.90. The van der Waals surface area contributed by atoms with Crippen LogP contribution in [-0.2, 0) is 11.8 Å². The number of aryl methyl sites for hydroxylation is 1. The van der Waals surface area contributed by atoms with Gasteiger partial charge in [-0.25, -0.2) is 9.37 Å². The van der Waals surface area contributed by atoms with Gasteiger partial charge in [0.2, 0.25) is 0 Å². The number of aromatic nitrogens is 4. The van der Waals surface area contributed by atoms with E-state index in [1.54, 1.807) is 38.4 Å². The molecule has 0 bridgehead atoms. The maximum atomic E-state index is 13.8. The number of piperazine rings is 1. The Hall–Kier alpha value is -4.21. The Bertz CT molecular complexity index is 1560. The third kappa shape index (κ3) is 4.62. The molecule has 1 unspecified atom stereocenters. The summed E-state index contributed by atoms with van der Waals surface area (Å²) in [6.45, 7) is 3.11. The van der Waals surface area contributed by atoms with Gasteiger partial charge in [0.05, 0.1) is 23.9 Å². The molecule has 4 aromatic rings. The van der Waals surface area contributed by atoms with E-state index >= 15 is 0 Å². The van der Waals surface area contributed by atoms with Crippen LogP contribution in [0.1, 0.15) is 30.1 Å². The lowest BCUT2D eigenvalue weighted by atomic mass is 9.98. The summed E-state index contributed by atoms with van der Waals surface area (Å²) in [7, 11) is 3.24. The van der Waals surface area contributed by atoms with Gasteiger partial charge >= 0.3 is 6.08 Å². The summed E-state index contributed by atoms with van der Waals surface area (Å²) in [5.41, 5.74) is 2.44. The molecule has 3 atom stereocenters. The monoisotopic (exact) mass is 521 g/mol. The van der Waals surface area contributed by atoms with Gasteiger partial charge in [0.1, 0.15) is 29.1 Å². The van der Waals surface area contributed by atoms with Crippen molar-refractivity contribution in [2.24, 2.45) is 7.05 Å². The van der Waals surface area contributed by atoms with Gasteiger partial charge in [0, 0.05) is 39.4 Å². The van der Waals surface area contributed by atoms with Crippen molar-refractivity contribution >= 4 is 16.7 Å². The maximum Gasteiger partial charge on any atom is 0.346 e. The molecule has 4 heterocycles. The van der Waals surface area contributed by atoms with E-state index < -0.39 is 17.9 Å². The molecule has 0 aliphatic carbocycles. The van der Waals surface area contributed by atoms with Crippen LogP contribution in [0, 0.1) is 23.2 Å². The number of methoxy groups -OCH3 is 1. The van der Waals surface area contributed by atoms with Crippen molar-refractivity contribution in [2.75, 3.05) is 31.7 Å². The fraction of sp³-hybridized carbons (Fsp3) is 0.346. The molecule has 12 heteroatoms. The molecule has 1 aliphatic heterocycles. The molecule has 10 nitrogen and oxygen atoms in total. The van der Waals surface area contributed by atoms with Gasteiger partial charge in [0.25, 0.3) is 11.4 Å². The first-order valence-corrected chi connectivity index (χ1v) is 12.0. The number of hydrogen-bond acceptors (Lipinski definition) is 9. The van der Waals surface area contributed by atoms with Crippen molar-refractivity contribution < 1.29 is 18.0 Å². The Kier molecular flexibility index (Phi) is 6.88. The smallest absolute Gasteiger partial charge is 0.346 e. The van der Waals surface area contributed by atoms with Gasteiger partial charge in [-0.2, -0.15) is 14.6 Å². The standard InChI is InChI=1S/C26H25F2N7O3/c1-15-12-35(24(25-31-26(28)32-38-25)16-4-6-17(27)7-5-16)19(14-37-3)13-34(15)21-10-22(36)33(2)20-9-8-18(11-29)30-23(20)21/h4-10,15,19,24H,12-14H2,1-3H3/t15-,19-,24?/m0/s1. The van der Waals surface area contributed by atoms with Crippen molar-refractivity contribution in [2.45, 2.75) is 25.0 Å². The predicted octanol–water partition coefficient (Wildman–Crippen LogP) is 2.78. The van der Waals surface area contributed by atoms with Crippen molar-refractivity contribution in [1.82, 2.24) is 24.6 Å². The number of ether oxygens (including phenoxy) is 1. The van der Waals surface area contributed by atoms with Gasteiger partial charge in [-0.15, -0.1) is 0 Å². The van der Waals surface area contributed by atoms with E-state index in [-0.39, 0.29) is 35.8 Å². The summed E-state index contributed by atoms with van der Waals surface area (Å²) in [4.78, 5) is 25.3. The van der Waals surface area contributed by atoms with E-state index in [1.165, 1.54) is 22.8 Å². The Morgan fingerprint density at radius 1 is 1.18 bits per heavy atom. The van der Waals surface area contributed by atoms with Crippen LogP contribution < -0.4 is 10.5 Å². The minimum atomic E-state index is -0.993. The van der Waals surface area contributed by atoms with Gasteiger partial charge < -0.3 is 18.7 Å². The third-order valence-electron chi connectivity index (χ3n) is 6.90. The number of nitriles is 1. The molecule has 0 N–H and O–H groups in total. The van der Waals surface area contributed by atoms with E-state index in [2.05, 4.69) is 31.0 Å². The van der Waals surface area contributed by atoms with Crippen LogP contribution in [-0.4, -0.2) is 63.5 Å².